The van der Waals surface area contributed by atoms with E-state index < -0.39 is 0 Å². The van der Waals surface area contributed by atoms with E-state index in [1.54, 1.807) is 11.8 Å². The fraction of sp³-hybridized carbons (Fsp3) is 0.429. The summed E-state index contributed by atoms with van der Waals surface area (Å²) in [5.74, 6) is 1.09. The zero-order valence-corrected chi connectivity index (χ0v) is 11.5. The summed E-state index contributed by atoms with van der Waals surface area (Å²) in [5, 5.41) is 13.2. The molecule has 0 spiro atoms. The molecule has 1 N–H and O–H groups in total. The van der Waals surface area contributed by atoms with Gasteiger partial charge in [-0.05, 0) is 23.1 Å². The van der Waals surface area contributed by atoms with Crippen LogP contribution in [0, 0.1) is 16.7 Å². The molecule has 2 rings (SSSR count). The molecule has 0 radical (unpaired) electrons. The first-order chi connectivity index (χ1) is 8.59. The lowest BCUT2D eigenvalue weighted by Crippen LogP contribution is -2.30. The van der Waals surface area contributed by atoms with Crippen molar-refractivity contribution >= 4 is 16.9 Å². The molecule has 0 bridgehead atoms. The quantitative estimate of drug-likeness (QED) is 0.888. The highest BCUT2D eigenvalue weighted by molar-refractivity contribution is 8.13. The SMILES string of the molecule is CC1(C)CN=C(NCc2cccc(C#N)c2)SC1. The van der Waals surface area contributed by atoms with Crippen LogP contribution in [0.15, 0.2) is 29.3 Å². The van der Waals surface area contributed by atoms with E-state index in [2.05, 4.69) is 30.2 Å². The number of rotatable bonds is 2. The molecule has 18 heavy (non-hydrogen) atoms. The Labute approximate surface area is 112 Å². The number of thioether (sulfide) groups is 1. The third kappa shape index (κ3) is 3.51. The standard InChI is InChI=1S/C14H17N3S/c1-14(2)9-17-13(18-10-14)16-8-12-5-3-4-11(6-12)7-15/h3-6H,8-10H2,1-2H3,(H,16,17). The first-order valence-electron chi connectivity index (χ1n) is 5.99. The molecule has 0 saturated carbocycles. The minimum atomic E-state index is 0.302. The van der Waals surface area contributed by atoms with Crippen molar-refractivity contribution < 1.29 is 0 Å². The smallest absolute Gasteiger partial charge is 0.156 e. The monoisotopic (exact) mass is 259 g/mol. The predicted molar refractivity (Wildman–Crippen MR) is 76.5 cm³/mol. The Morgan fingerprint density at radius 2 is 2.33 bits per heavy atom. The number of aliphatic imine (C=N–C) groups is 1. The molecule has 3 nitrogen and oxygen atoms in total. The van der Waals surface area contributed by atoms with Crippen molar-refractivity contribution in [1.29, 1.82) is 5.26 Å². The van der Waals surface area contributed by atoms with Crippen LogP contribution in [-0.4, -0.2) is 17.5 Å². The van der Waals surface area contributed by atoms with Gasteiger partial charge in [0.2, 0.25) is 0 Å². The van der Waals surface area contributed by atoms with Crippen molar-refractivity contribution in [2.75, 3.05) is 12.3 Å². The van der Waals surface area contributed by atoms with Gasteiger partial charge in [0.25, 0.3) is 0 Å². The van der Waals surface area contributed by atoms with Crippen LogP contribution in [-0.2, 0) is 6.54 Å². The van der Waals surface area contributed by atoms with Gasteiger partial charge in [-0.1, -0.05) is 37.7 Å². The second-order valence-corrected chi connectivity index (χ2v) is 6.20. The number of hydrogen-bond donors (Lipinski definition) is 1. The van der Waals surface area contributed by atoms with Gasteiger partial charge in [-0.2, -0.15) is 5.26 Å². The minimum absolute atomic E-state index is 0.302. The van der Waals surface area contributed by atoms with E-state index in [0.29, 0.717) is 11.0 Å². The van der Waals surface area contributed by atoms with Crippen molar-refractivity contribution in [2.45, 2.75) is 20.4 Å². The third-order valence-electron chi connectivity index (χ3n) is 2.75. The highest BCUT2D eigenvalue weighted by Crippen LogP contribution is 2.27. The normalized spacial score (nSPS) is 17.7. The van der Waals surface area contributed by atoms with Crippen molar-refractivity contribution in [3.8, 4) is 6.07 Å². The van der Waals surface area contributed by atoms with Crippen molar-refractivity contribution in [1.82, 2.24) is 5.32 Å². The molecular formula is C14H17N3S. The molecule has 94 valence electrons. The number of nitrogens with one attached hydrogen (secondary N) is 1. The highest BCUT2D eigenvalue weighted by atomic mass is 32.2. The maximum absolute atomic E-state index is 8.84. The molecule has 1 heterocycles. The summed E-state index contributed by atoms with van der Waals surface area (Å²) in [6.45, 7) is 6.07. The van der Waals surface area contributed by atoms with Gasteiger partial charge in [0.1, 0.15) is 0 Å². The molecule has 1 aromatic carbocycles. The molecule has 0 amide bonds. The van der Waals surface area contributed by atoms with E-state index in [-0.39, 0.29) is 0 Å². The summed E-state index contributed by atoms with van der Waals surface area (Å²) in [6.07, 6.45) is 0. The number of nitrogens with zero attached hydrogens (tertiary/aromatic N) is 2. The van der Waals surface area contributed by atoms with Crippen molar-refractivity contribution in [2.24, 2.45) is 10.4 Å². The topological polar surface area (TPSA) is 48.2 Å². The first kappa shape index (κ1) is 13.0. The first-order valence-corrected chi connectivity index (χ1v) is 6.98. The van der Waals surface area contributed by atoms with E-state index in [0.717, 1.165) is 29.6 Å². The maximum Gasteiger partial charge on any atom is 0.156 e. The Bertz CT molecular complexity index is 500. The molecule has 1 aliphatic rings. The van der Waals surface area contributed by atoms with Crippen LogP contribution in [0.1, 0.15) is 25.0 Å². The lowest BCUT2D eigenvalue weighted by Gasteiger charge is -2.27. The van der Waals surface area contributed by atoms with Crippen LogP contribution >= 0.6 is 11.8 Å². The van der Waals surface area contributed by atoms with Crippen LogP contribution in [0.2, 0.25) is 0 Å². The van der Waals surface area contributed by atoms with Gasteiger partial charge < -0.3 is 5.32 Å². The van der Waals surface area contributed by atoms with E-state index in [1.165, 1.54) is 0 Å². The fourth-order valence-corrected chi connectivity index (χ4v) is 2.63. The molecular weight excluding hydrogens is 242 g/mol. The lowest BCUT2D eigenvalue weighted by atomic mass is 9.97. The van der Waals surface area contributed by atoms with Crippen molar-refractivity contribution in [3.05, 3.63) is 35.4 Å². The zero-order chi connectivity index (χ0) is 13.0. The minimum Gasteiger partial charge on any atom is -0.361 e. The van der Waals surface area contributed by atoms with Crippen molar-refractivity contribution in [3.63, 3.8) is 0 Å². The Morgan fingerprint density at radius 1 is 1.50 bits per heavy atom. The molecule has 0 fully saturated rings. The van der Waals surface area contributed by atoms with Crippen LogP contribution in [0.3, 0.4) is 0 Å². The van der Waals surface area contributed by atoms with Gasteiger partial charge in [0.15, 0.2) is 5.17 Å². The van der Waals surface area contributed by atoms with Gasteiger partial charge in [0.05, 0.1) is 11.6 Å². The lowest BCUT2D eigenvalue weighted by molar-refractivity contribution is 0.436. The van der Waals surface area contributed by atoms with Gasteiger partial charge in [-0.15, -0.1) is 0 Å². The molecule has 0 aliphatic carbocycles. The molecule has 0 unspecified atom stereocenters. The summed E-state index contributed by atoms with van der Waals surface area (Å²) in [4.78, 5) is 4.54. The summed E-state index contributed by atoms with van der Waals surface area (Å²) < 4.78 is 0. The van der Waals surface area contributed by atoms with Crippen LogP contribution in [0.5, 0.6) is 0 Å². The molecule has 0 atom stereocenters. The Morgan fingerprint density at radius 3 is 3.00 bits per heavy atom. The maximum atomic E-state index is 8.84. The zero-order valence-electron chi connectivity index (χ0n) is 10.7. The van der Waals surface area contributed by atoms with Crippen LogP contribution < -0.4 is 5.32 Å². The van der Waals surface area contributed by atoms with Gasteiger partial charge >= 0.3 is 0 Å². The molecule has 1 aliphatic heterocycles. The van der Waals surface area contributed by atoms with Gasteiger partial charge in [0, 0.05) is 18.8 Å². The number of amidine groups is 1. The number of nitriles is 1. The summed E-state index contributed by atoms with van der Waals surface area (Å²) in [5.41, 5.74) is 2.12. The predicted octanol–water partition coefficient (Wildman–Crippen LogP) is 2.78. The summed E-state index contributed by atoms with van der Waals surface area (Å²) in [7, 11) is 0. The van der Waals surface area contributed by atoms with Gasteiger partial charge in [-0.25, -0.2) is 0 Å². The van der Waals surface area contributed by atoms with Crippen LogP contribution in [0.25, 0.3) is 0 Å². The average molecular weight is 259 g/mol. The molecule has 0 saturated heterocycles. The fourth-order valence-electron chi connectivity index (χ4n) is 1.68. The van der Waals surface area contributed by atoms with E-state index in [4.69, 9.17) is 5.26 Å². The van der Waals surface area contributed by atoms with E-state index in [1.807, 2.05) is 24.3 Å². The number of benzene rings is 1. The molecule has 4 heteroatoms. The van der Waals surface area contributed by atoms with E-state index in [9.17, 15) is 0 Å². The highest BCUT2D eigenvalue weighted by Gasteiger charge is 2.23. The van der Waals surface area contributed by atoms with Crippen LogP contribution in [0.4, 0.5) is 0 Å². The second-order valence-electron chi connectivity index (χ2n) is 5.24. The Kier molecular flexibility index (Phi) is 3.93. The average Bonchev–Trinajstić information content (AvgIpc) is 2.38. The largest absolute Gasteiger partial charge is 0.361 e. The summed E-state index contributed by atoms with van der Waals surface area (Å²) in [6, 6.07) is 9.81. The third-order valence-corrected chi connectivity index (χ3v) is 4.22. The Hall–Kier alpha value is -1.47. The molecule has 0 aromatic heterocycles. The van der Waals surface area contributed by atoms with E-state index >= 15 is 0 Å². The second kappa shape index (κ2) is 5.45. The number of hydrogen-bond acceptors (Lipinski definition) is 4. The van der Waals surface area contributed by atoms with Gasteiger partial charge in [-0.3, -0.25) is 4.99 Å². The Balaban J connectivity index is 1.92. The summed E-state index contributed by atoms with van der Waals surface area (Å²) >= 11 is 1.77. The molecule has 1 aromatic rings.